The first-order valence-corrected chi connectivity index (χ1v) is 7.03. The van der Waals surface area contributed by atoms with E-state index in [0.29, 0.717) is 41.0 Å². The minimum atomic E-state index is 0.105. The Labute approximate surface area is 133 Å². The van der Waals surface area contributed by atoms with Crippen molar-refractivity contribution in [1.29, 1.82) is 0 Å². The summed E-state index contributed by atoms with van der Waals surface area (Å²) >= 11 is 0. The number of ether oxygens (including phenoxy) is 1. The molecule has 1 aromatic carbocycles. The third-order valence-electron chi connectivity index (χ3n) is 3.31. The van der Waals surface area contributed by atoms with E-state index >= 15 is 0 Å². The molecule has 0 atom stereocenters. The molecule has 7 nitrogen and oxygen atoms in total. The number of anilines is 1. The Bertz CT molecular complexity index is 817. The van der Waals surface area contributed by atoms with E-state index in [1.165, 1.54) is 7.11 Å². The first kappa shape index (κ1) is 14.8. The molecule has 0 radical (unpaired) electrons. The van der Waals surface area contributed by atoms with Crippen molar-refractivity contribution in [2.45, 2.75) is 13.5 Å². The fraction of sp³-hybridized carbons (Fsp3) is 0.188. The Morgan fingerprint density at radius 2 is 2.13 bits per heavy atom. The van der Waals surface area contributed by atoms with Crippen LogP contribution in [0.5, 0.6) is 11.5 Å². The second-order valence-corrected chi connectivity index (χ2v) is 4.87. The molecular formula is C16H16N4O3. The number of pyridine rings is 1. The molecule has 0 bridgehead atoms. The first-order chi connectivity index (χ1) is 11.2. The van der Waals surface area contributed by atoms with Crippen LogP contribution in [0.3, 0.4) is 0 Å². The van der Waals surface area contributed by atoms with E-state index < -0.39 is 0 Å². The zero-order valence-electron chi connectivity index (χ0n) is 12.8. The number of methoxy groups -OCH3 is 1. The van der Waals surface area contributed by atoms with Crippen LogP contribution in [0.2, 0.25) is 0 Å². The lowest BCUT2D eigenvalue weighted by molar-refractivity contribution is 0.371. The minimum Gasteiger partial charge on any atom is -0.504 e. The van der Waals surface area contributed by atoms with Gasteiger partial charge in [-0.2, -0.15) is 4.98 Å². The van der Waals surface area contributed by atoms with Crippen molar-refractivity contribution in [2.24, 2.45) is 0 Å². The summed E-state index contributed by atoms with van der Waals surface area (Å²) in [7, 11) is 1.51. The van der Waals surface area contributed by atoms with Gasteiger partial charge in [0.05, 0.1) is 12.7 Å². The molecule has 2 aromatic heterocycles. The largest absolute Gasteiger partial charge is 0.504 e. The topological polar surface area (TPSA) is 93.3 Å². The van der Waals surface area contributed by atoms with Crippen LogP contribution < -0.4 is 10.1 Å². The molecule has 0 unspecified atom stereocenters. The number of phenols is 1. The quantitative estimate of drug-likeness (QED) is 0.748. The van der Waals surface area contributed by atoms with E-state index in [0.717, 1.165) is 0 Å². The van der Waals surface area contributed by atoms with E-state index in [4.69, 9.17) is 9.26 Å². The number of benzene rings is 1. The van der Waals surface area contributed by atoms with Crippen molar-refractivity contribution in [3.63, 3.8) is 0 Å². The fourth-order valence-corrected chi connectivity index (χ4v) is 2.18. The zero-order chi connectivity index (χ0) is 16.2. The molecule has 0 spiro atoms. The highest BCUT2D eigenvalue weighted by molar-refractivity contribution is 5.68. The molecule has 3 aromatic rings. The van der Waals surface area contributed by atoms with Crippen molar-refractivity contribution < 1.29 is 14.4 Å². The molecule has 2 heterocycles. The summed E-state index contributed by atoms with van der Waals surface area (Å²) in [4.78, 5) is 8.51. The summed E-state index contributed by atoms with van der Waals surface area (Å²) in [5, 5.41) is 17.1. The number of para-hydroxylation sites is 1. The Balaban J connectivity index is 1.84. The molecular weight excluding hydrogens is 296 g/mol. The third kappa shape index (κ3) is 3.08. The molecule has 0 aliphatic heterocycles. The molecule has 0 amide bonds. The maximum absolute atomic E-state index is 10.1. The molecule has 0 fully saturated rings. The minimum absolute atomic E-state index is 0.105. The molecule has 0 saturated carbocycles. The first-order valence-electron chi connectivity index (χ1n) is 7.03. The summed E-state index contributed by atoms with van der Waals surface area (Å²) < 4.78 is 10.3. The van der Waals surface area contributed by atoms with Gasteiger partial charge in [0.2, 0.25) is 0 Å². The van der Waals surface area contributed by atoms with E-state index in [1.54, 1.807) is 25.3 Å². The summed E-state index contributed by atoms with van der Waals surface area (Å²) in [6.07, 6.45) is 1.67. The molecule has 7 heteroatoms. The van der Waals surface area contributed by atoms with Gasteiger partial charge in [0, 0.05) is 18.3 Å². The van der Waals surface area contributed by atoms with Gasteiger partial charge < -0.3 is 19.7 Å². The maximum atomic E-state index is 10.1. The van der Waals surface area contributed by atoms with Crippen LogP contribution in [0.4, 0.5) is 5.82 Å². The van der Waals surface area contributed by atoms with Gasteiger partial charge in [0.1, 0.15) is 5.82 Å². The van der Waals surface area contributed by atoms with Crippen molar-refractivity contribution in [3.05, 3.63) is 47.9 Å². The third-order valence-corrected chi connectivity index (χ3v) is 3.31. The molecule has 0 aliphatic carbocycles. The lowest BCUT2D eigenvalue weighted by Gasteiger charge is -2.11. The number of nitrogens with zero attached hydrogens (tertiary/aromatic N) is 3. The number of nitrogens with one attached hydrogen (secondary N) is 1. The number of rotatable bonds is 5. The van der Waals surface area contributed by atoms with Crippen LogP contribution in [0.15, 0.2) is 41.1 Å². The van der Waals surface area contributed by atoms with Crippen LogP contribution in [-0.2, 0) is 6.54 Å². The van der Waals surface area contributed by atoms with Crippen molar-refractivity contribution in [3.8, 4) is 23.0 Å². The van der Waals surface area contributed by atoms with Crippen LogP contribution in [0, 0.1) is 6.92 Å². The summed E-state index contributed by atoms with van der Waals surface area (Å²) in [5.41, 5.74) is 1.40. The van der Waals surface area contributed by atoms with Crippen molar-refractivity contribution in [1.82, 2.24) is 15.1 Å². The number of aromatic nitrogens is 3. The van der Waals surface area contributed by atoms with Gasteiger partial charge in [0.25, 0.3) is 5.89 Å². The Kier molecular flexibility index (Phi) is 4.09. The molecule has 23 heavy (non-hydrogen) atoms. The Morgan fingerprint density at radius 3 is 2.87 bits per heavy atom. The Morgan fingerprint density at radius 1 is 1.26 bits per heavy atom. The standard InChI is InChI=1S/C16H16N4O3/c1-10-19-16(23-20-10)12-6-4-8-17-15(12)18-9-11-5-3-7-13(22-2)14(11)21/h3-8,21H,9H2,1-2H3,(H,17,18). The lowest BCUT2D eigenvalue weighted by Crippen LogP contribution is -2.03. The number of aryl methyl sites for hydroxylation is 1. The average Bonchev–Trinajstić information content (AvgIpc) is 3.00. The highest BCUT2D eigenvalue weighted by atomic mass is 16.5. The number of hydrogen-bond donors (Lipinski definition) is 2. The molecule has 0 saturated heterocycles. The van der Waals surface area contributed by atoms with E-state index in [2.05, 4.69) is 20.4 Å². The highest BCUT2D eigenvalue weighted by Gasteiger charge is 2.13. The van der Waals surface area contributed by atoms with Gasteiger partial charge in [-0.3, -0.25) is 0 Å². The second kappa shape index (κ2) is 6.35. The molecule has 3 rings (SSSR count). The monoisotopic (exact) mass is 312 g/mol. The van der Waals surface area contributed by atoms with Crippen LogP contribution in [0.25, 0.3) is 11.5 Å². The van der Waals surface area contributed by atoms with Gasteiger partial charge in [0.15, 0.2) is 17.3 Å². The molecule has 2 N–H and O–H groups in total. The van der Waals surface area contributed by atoms with E-state index in [9.17, 15) is 5.11 Å². The Hall–Kier alpha value is -3.09. The molecule has 0 aliphatic rings. The molecule has 118 valence electrons. The van der Waals surface area contributed by atoms with E-state index in [1.807, 2.05) is 18.2 Å². The summed E-state index contributed by atoms with van der Waals surface area (Å²) in [5.74, 6) is 2.08. The predicted molar refractivity (Wildman–Crippen MR) is 84.3 cm³/mol. The average molecular weight is 312 g/mol. The zero-order valence-corrected chi connectivity index (χ0v) is 12.8. The van der Waals surface area contributed by atoms with Crippen LogP contribution in [-0.4, -0.2) is 27.3 Å². The predicted octanol–water partition coefficient (Wildman–Crippen LogP) is 2.77. The maximum Gasteiger partial charge on any atom is 0.261 e. The van der Waals surface area contributed by atoms with Crippen molar-refractivity contribution >= 4 is 5.82 Å². The van der Waals surface area contributed by atoms with Gasteiger partial charge in [-0.15, -0.1) is 0 Å². The summed E-state index contributed by atoms with van der Waals surface area (Å²) in [6, 6.07) is 8.96. The van der Waals surface area contributed by atoms with Crippen LogP contribution >= 0.6 is 0 Å². The van der Waals surface area contributed by atoms with Gasteiger partial charge >= 0.3 is 0 Å². The van der Waals surface area contributed by atoms with Crippen molar-refractivity contribution in [2.75, 3.05) is 12.4 Å². The second-order valence-electron chi connectivity index (χ2n) is 4.87. The SMILES string of the molecule is COc1cccc(CNc2ncccc2-c2nc(C)no2)c1O. The number of hydrogen-bond acceptors (Lipinski definition) is 7. The fourth-order valence-electron chi connectivity index (χ4n) is 2.18. The normalized spacial score (nSPS) is 10.5. The number of aromatic hydroxyl groups is 1. The lowest BCUT2D eigenvalue weighted by atomic mass is 10.1. The van der Waals surface area contributed by atoms with Gasteiger partial charge in [-0.05, 0) is 25.1 Å². The van der Waals surface area contributed by atoms with E-state index in [-0.39, 0.29) is 5.75 Å². The smallest absolute Gasteiger partial charge is 0.261 e. The number of phenolic OH excluding ortho intramolecular Hbond substituents is 1. The van der Waals surface area contributed by atoms with Crippen LogP contribution in [0.1, 0.15) is 11.4 Å². The van der Waals surface area contributed by atoms with Gasteiger partial charge in [-0.25, -0.2) is 4.98 Å². The summed E-state index contributed by atoms with van der Waals surface area (Å²) in [6.45, 7) is 2.13. The highest BCUT2D eigenvalue weighted by Crippen LogP contribution is 2.30. The van der Waals surface area contributed by atoms with Gasteiger partial charge in [-0.1, -0.05) is 17.3 Å².